The van der Waals surface area contributed by atoms with E-state index in [9.17, 15) is 22.4 Å². The van der Waals surface area contributed by atoms with Crippen LogP contribution in [0.5, 0.6) is 5.75 Å². The highest BCUT2D eigenvalue weighted by Crippen LogP contribution is 2.27. The van der Waals surface area contributed by atoms with E-state index in [0.717, 1.165) is 6.42 Å². The third kappa shape index (κ3) is 5.41. The monoisotopic (exact) mass is 439 g/mol. The smallest absolute Gasteiger partial charge is 0.282 e. The maximum absolute atomic E-state index is 13.2. The van der Waals surface area contributed by atoms with Gasteiger partial charge in [0.05, 0.1) is 18.1 Å². The van der Waals surface area contributed by atoms with Gasteiger partial charge in [-0.1, -0.05) is 19.1 Å². The quantitative estimate of drug-likeness (QED) is 0.488. The fourth-order valence-corrected chi connectivity index (χ4v) is 2.83. The maximum Gasteiger partial charge on any atom is 0.282 e. The number of benzene rings is 1. The van der Waals surface area contributed by atoms with Crippen molar-refractivity contribution in [3.05, 3.63) is 59.7 Å². The van der Waals surface area contributed by atoms with Gasteiger partial charge in [-0.25, -0.2) is 22.2 Å². The van der Waals surface area contributed by atoms with Crippen LogP contribution in [0.3, 0.4) is 0 Å². The molecule has 0 radical (unpaired) electrons. The number of carbonyl (C=O) groups is 1. The van der Waals surface area contributed by atoms with Crippen LogP contribution < -0.4 is 10.1 Å². The summed E-state index contributed by atoms with van der Waals surface area (Å²) in [6.45, 7) is 3.43. The van der Waals surface area contributed by atoms with Crippen LogP contribution in [-0.4, -0.2) is 25.5 Å². The molecule has 0 bridgehead atoms. The number of hydrogen-bond acceptors (Lipinski definition) is 4. The lowest BCUT2D eigenvalue weighted by Gasteiger charge is -2.14. The van der Waals surface area contributed by atoms with Gasteiger partial charge < -0.3 is 10.1 Å². The minimum absolute atomic E-state index is 0.0866. The lowest BCUT2D eigenvalue weighted by Crippen LogP contribution is -2.26. The summed E-state index contributed by atoms with van der Waals surface area (Å²) in [5.41, 5.74) is -0.0944. The van der Waals surface area contributed by atoms with E-state index in [-0.39, 0.29) is 6.73 Å². The van der Waals surface area contributed by atoms with Crippen molar-refractivity contribution in [3.8, 4) is 5.75 Å². The van der Waals surface area contributed by atoms with E-state index < -0.39 is 36.2 Å². The van der Waals surface area contributed by atoms with E-state index in [1.54, 1.807) is 0 Å². The van der Waals surface area contributed by atoms with Crippen LogP contribution >= 0.6 is 0 Å². The molecule has 1 amide bonds. The van der Waals surface area contributed by atoms with Gasteiger partial charge in [0.2, 0.25) is 5.91 Å². The Morgan fingerprint density at radius 2 is 1.87 bits per heavy atom. The Morgan fingerprint density at radius 3 is 2.48 bits per heavy atom. The van der Waals surface area contributed by atoms with E-state index in [0.29, 0.717) is 22.2 Å². The topological polar surface area (TPSA) is 74.0 Å². The standard InChI is InChI=1S/C20H21F4N5O2/c1-3-13-4-6-15(7-5-13)31-11-28-10-14(9-25-28)26-20(30)12(2)29-17(19(23)24)8-16(27-29)18(21)22/h4-10,12,18-19H,3,11H2,1-2H3,(H,26,30). The first-order chi connectivity index (χ1) is 14.8. The molecule has 7 nitrogen and oxygen atoms in total. The van der Waals surface area contributed by atoms with Crippen LogP contribution in [0.1, 0.15) is 49.7 Å². The lowest BCUT2D eigenvalue weighted by molar-refractivity contribution is -0.119. The lowest BCUT2D eigenvalue weighted by atomic mass is 10.2. The van der Waals surface area contributed by atoms with Crippen LogP contribution in [-0.2, 0) is 17.9 Å². The summed E-state index contributed by atoms with van der Waals surface area (Å²) in [5, 5.41) is 10.0. The SMILES string of the molecule is CCc1ccc(OCn2cc(NC(=O)C(C)n3nc(C(F)F)cc3C(F)F)cn2)cc1. The van der Waals surface area contributed by atoms with Crippen LogP contribution in [0.2, 0.25) is 0 Å². The van der Waals surface area contributed by atoms with Crippen molar-refractivity contribution in [1.82, 2.24) is 19.6 Å². The largest absolute Gasteiger partial charge is 0.471 e. The summed E-state index contributed by atoms with van der Waals surface area (Å²) in [4.78, 5) is 12.4. The molecule has 0 saturated carbocycles. The summed E-state index contributed by atoms with van der Waals surface area (Å²) in [5.74, 6) is -0.0543. The number of anilines is 1. The van der Waals surface area contributed by atoms with Crippen LogP contribution in [0.15, 0.2) is 42.7 Å². The molecule has 2 heterocycles. The van der Waals surface area contributed by atoms with E-state index in [2.05, 4.69) is 22.4 Å². The summed E-state index contributed by atoms with van der Waals surface area (Å²) in [7, 11) is 0. The number of carbonyl (C=O) groups excluding carboxylic acids is 1. The molecule has 1 aromatic carbocycles. The van der Waals surface area contributed by atoms with E-state index in [4.69, 9.17) is 4.74 Å². The Balaban J connectivity index is 1.62. The Kier molecular flexibility index (Phi) is 6.93. The number of nitrogens with zero attached hydrogens (tertiary/aromatic N) is 4. The fraction of sp³-hybridized carbons (Fsp3) is 0.350. The van der Waals surface area contributed by atoms with Gasteiger partial charge in [0.1, 0.15) is 23.2 Å². The summed E-state index contributed by atoms with van der Waals surface area (Å²) in [6, 6.07) is 6.94. The zero-order valence-electron chi connectivity index (χ0n) is 16.8. The van der Waals surface area contributed by atoms with Crippen molar-refractivity contribution in [2.24, 2.45) is 0 Å². The molecule has 11 heteroatoms. The van der Waals surface area contributed by atoms with Gasteiger partial charge in [-0.05, 0) is 37.1 Å². The first-order valence-electron chi connectivity index (χ1n) is 9.49. The zero-order valence-corrected chi connectivity index (χ0v) is 16.8. The summed E-state index contributed by atoms with van der Waals surface area (Å²) < 4.78 is 59.6. The van der Waals surface area contributed by atoms with Crippen LogP contribution in [0.25, 0.3) is 0 Å². The second kappa shape index (κ2) is 9.63. The second-order valence-electron chi connectivity index (χ2n) is 6.74. The van der Waals surface area contributed by atoms with E-state index in [1.165, 1.54) is 29.6 Å². The molecule has 3 aromatic rings. The third-order valence-corrected chi connectivity index (χ3v) is 4.57. The molecule has 1 N–H and O–H groups in total. The number of rotatable bonds is 9. The summed E-state index contributed by atoms with van der Waals surface area (Å²) >= 11 is 0. The average Bonchev–Trinajstić information content (AvgIpc) is 3.39. The molecule has 1 atom stereocenters. The highest BCUT2D eigenvalue weighted by Gasteiger charge is 2.27. The van der Waals surface area contributed by atoms with Gasteiger partial charge in [-0.15, -0.1) is 0 Å². The molecule has 0 aliphatic carbocycles. The molecule has 31 heavy (non-hydrogen) atoms. The van der Waals surface area contributed by atoms with Crippen molar-refractivity contribution in [1.29, 1.82) is 0 Å². The number of halogens is 4. The summed E-state index contributed by atoms with van der Waals surface area (Å²) in [6.07, 6.45) is -2.31. The van der Waals surface area contributed by atoms with Crippen LogP contribution in [0.4, 0.5) is 23.2 Å². The Bertz CT molecular complexity index is 1020. The van der Waals surface area contributed by atoms with E-state index in [1.807, 2.05) is 24.3 Å². The molecule has 166 valence electrons. The van der Waals surface area contributed by atoms with Crippen molar-refractivity contribution in [2.75, 3.05) is 5.32 Å². The molecule has 3 rings (SSSR count). The van der Waals surface area contributed by atoms with Gasteiger partial charge >= 0.3 is 0 Å². The van der Waals surface area contributed by atoms with Crippen LogP contribution in [0, 0.1) is 0 Å². The van der Waals surface area contributed by atoms with Crippen molar-refractivity contribution in [3.63, 3.8) is 0 Å². The van der Waals surface area contributed by atoms with Crippen molar-refractivity contribution in [2.45, 2.75) is 45.9 Å². The number of amides is 1. The minimum Gasteiger partial charge on any atom is -0.471 e. The van der Waals surface area contributed by atoms with Crippen molar-refractivity contribution >= 4 is 11.6 Å². The Labute approximate surface area is 175 Å². The highest BCUT2D eigenvalue weighted by molar-refractivity contribution is 5.93. The maximum atomic E-state index is 13.2. The van der Waals surface area contributed by atoms with Crippen molar-refractivity contribution < 1.29 is 27.1 Å². The molecule has 0 spiro atoms. The molecule has 0 aliphatic rings. The number of hydrogen-bond donors (Lipinski definition) is 1. The average molecular weight is 439 g/mol. The van der Waals surface area contributed by atoms with E-state index >= 15 is 0 Å². The Morgan fingerprint density at radius 1 is 1.16 bits per heavy atom. The molecular formula is C20H21F4N5O2. The zero-order chi connectivity index (χ0) is 22.5. The number of alkyl halides is 4. The molecule has 0 saturated heterocycles. The first-order valence-corrected chi connectivity index (χ1v) is 9.49. The normalized spacial score (nSPS) is 12.4. The number of ether oxygens (including phenoxy) is 1. The highest BCUT2D eigenvalue weighted by atomic mass is 19.3. The molecule has 2 aromatic heterocycles. The first kappa shape index (κ1) is 22.3. The fourth-order valence-electron chi connectivity index (χ4n) is 2.83. The molecule has 0 fully saturated rings. The molecular weight excluding hydrogens is 418 g/mol. The number of aromatic nitrogens is 4. The van der Waals surface area contributed by atoms with Gasteiger partial charge in [0, 0.05) is 0 Å². The minimum atomic E-state index is -3.05. The predicted octanol–water partition coefficient (Wildman–Crippen LogP) is 4.75. The van der Waals surface area contributed by atoms with Gasteiger partial charge in [-0.2, -0.15) is 10.2 Å². The van der Waals surface area contributed by atoms with Gasteiger partial charge in [0.15, 0.2) is 6.73 Å². The number of aryl methyl sites for hydroxylation is 1. The second-order valence-corrected chi connectivity index (χ2v) is 6.74. The third-order valence-electron chi connectivity index (χ3n) is 4.57. The molecule has 1 unspecified atom stereocenters. The predicted molar refractivity (Wildman–Crippen MR) is 104 cm³/mol. The number of nitrogens with one attached hydrogen (secondary N) is 1. The Hall–Kier alpha value is -3.37. The molecule has 0 aliphatic heterocycles. The van der Waals surface area contributed by atoms with Gasteiger partial charge in [-0.3, -0.25) is 9.48 Å². The van der Waals surface area contributed by atoms with Gasteiger partial charge in [0.25, 0.3) is 12.9 Å².